The van der Waals surface area contributed by atoms with E-state index in [9.17, 15) is 4.79 Å². The second kappa shape index (κ2) is 6.82. The minimum absolute atomic E-state index is 0.149. The molecule has 2 fully saturated rings. The molecule has 1 saturated carbocycles. The SMILES string of the molecule is Cc1cnc(C(=O)NCC2(N3CCCCC3)CCCCC2)o1. The van der Waals surface area contributed by atoms with Gasteiger partial charge in [-0.15, -0.1) is 0 Å². The molecule has 2 heterocycles. The van der Waals surface area contributed by atoms with Gasteiger partial charge in [0.05, 0.1) is 6.20 Å². The molecule has 2 aliphatic rings. The van der Waals surface area contributed by atoms with Crippen molar-refractivity contribution in [3.8, 4) is 0 Å². The van der Waals surface area contributed by atoms with Gasteiger partial charge in [-0.2, -0.15) is 0 Å². The van der Waals surface area contributed by atoms with E-state index in [-0.39, 0.29) is 17.3 Å². The summed E-state index contributed by atoms with van der Waals surface area (Å²) in [5.74, 6) is 0.672. The number of hydrogen-bond acceptors (Lipinski definition) is 4. The Kier molecular flexibility index (Phi) is 4.81. The van der Waals surface area contributed by atoms with Crippen LogP contribution in [0, 0.1) is 6.92 Å². The number of carbonyl (C=O) groups excluding carboxylic acids is 1. The molecule has 0 aromatic carbocycles. The molecule has 1 aromatic heterocycles. The van der Waals surface area contributed by atoms with Crippen LogP contribution in [0.4, 0.5) is 0 Å². The molecule has 5 nitrogen and oxygen atoms in total. The summed E-state index contributed by atoms with van der Waals surface area (Å²) in [6, 6.07) is 0. The van der Waals surface area contributed by atoms with Gasteiger partial charge in [-0.05, 0) is 45.7 Å². The van der Waals surface area contributed by atoms with Crippen LogP contribution in [0.3, 0.4) is 0 Å². The Bertz CT molecular complexity index is 500. The third kappa shape index (κ3) is 3.35. The summed E-state index contributed by atoms with van der Waals surface area (Å²) in [5, 5.41) is 3.08. The second-order valence-electron chi connectivity index (χ2n) is 6.79. The third-order valence-electron chi connectivity index (χ3n) is 5.20. The maximum Gasteiger partial charge on any atom is 0.307 e. The van der Waals surface area contributed by atoms with Crippen LogP contribution in [-0.4, -0.2) is 41.0 Å². The number of piperidine rings is 1. The fraction of sp³-hybridized carbons (Fsp3) is 0.765. The van der Waals surface area contributed by atoms with Gasteiger partial charge in [0.2, 0.25) is 0 Å². The summed E-state index contributed by atoms with van der Waals surface area (Å²) in [4.78, 5) is 18.9. The highest BCUT2D eigenvalue weighted by Crippen LogP contribution is 2.35. The predicted octanol–water partition coefficient (Wildman–Crippen LogP) is 2.90. The molecule has 0 bridgehead atoms. The molecule has 22 heavy (non-hydrogen) atoms. The molecule has 122 valence electrons. The molecule has 1 aliphatic heterocycles. The first-order valence-electron chi connectivity index (χ1n) is 8.65. The standard InChI is InChI=1S/C17H27N3O2/c1-14-12-18-16(22-14)15(21)19-13-17(8-4-2-5-9-17)20-10-6-3-7-11-20/h12H,2-11,13H2,1H3,(H,19,21). The molecule has 0 atom stereocenters. The first-order chi connectivity index (χ1) is 10.7. The van der Waals surface area contributed by atoms with Crippen molar-refractivity contribution in [3.63, 3.8) is 0 Å². The number of oxazole rings is 1. The molecule has 0 spiro atoms. The van der Waals surface area contributed by atoms with E-state index in [1.807, 2.05) is 0 Å². The molecule has 1 aliphatic carbocycles. The Morgan fingerprint density at radius 2 is 1.91 bits per heavy atom. The van der Waals surface area contributed by atoms with Crippen molar-refractivity contribution in [2.75, 3.05) is 19.6 Å². The van der Waals surface area contributed by atoms with Gasteiger partial charge in [-0.25, -0.2) is 4.98 Å². The first-order valence-corrected chi connectivity index (χ1v) is 8.65. The first kappa shape index (κ1) is 15.5. The molecule has 1 saturated heterocycles. The van der Waals surface area contributed by atoms with Crippen LogP contribution in [-0.2, 0) is 0 Å². The lowest BCUT2D eigenvalue weighted by molar-refractivity contribution is 0.0322. The van der Waals surface area contributed by atoms with Crippen LogP contribution < -0.4 is 5.32 Å². The molecule has 5 heteroatoms. The smallest absolute Gasteiger partial charge is 0.307 e. The molecular formula is C17H27N3O2. The molecule has 0 radical (unpaired) electrons. The molecule has 1 N–H and O–H groups in total. The molecule has 1 aromatic rings. The van der Waals surface area contributed by atoms with Crippen LogP contribution >= 0.6 is 0 Å². The van der Waals surface area contributed by atoms with Gasteiger partial charge in [-0.3, -0.25) is 9.69 Å². The summed E-state index contributed by atoms with van der Waals surface area (Å²) in [7, 11) is 0. The molecule has 0 unspecified atom stereocenters. The maximum absolute atomic E-state index is 12.2. The summed E-state index contributed by atoms with van der Waals surface area (Å²) < 4.78 is 5.33. The van der Waals surface area contributed by atoms with E-state index in [1.54, 1.807) is 13.1 Å². The number of likely N-dealkylation sites (tertiary alicyclic amines) is 1. The molecular weight excluding hydrogens is 278 g/mol. The van der Waals surface area contributed by atoms with E-state index in [0.717, 1.165) is 0 Å². The summed E-state index contributed by atoms with van der Waals surface area (Å²) in [5.41, 5.74) is 0.149. The third-order valence-corrected chi connectivity index (χ3v) is 5.20. The highest BCUT2D eigenvalue weighted by molar-refractivity contribution is 5.89. The number of aromatic nitrogens is 1. The van der Waals surface area contributed by atoms with Gasteiger partial charge in [0.25, 0.3) is 5.89 Å². The lowest BCUT2D eigenvalue weighted by Crippen LogP contribution is -2.58. The van der Waals surface area contributed by atoms with Crippen LogP contribution in [0.1, 0.15) is 67.8 Å². The van der Waals surface area contributed by atoms with Crippen molar-refractivity contribution in [3.05, 3.63) is 17.8 Å². The Balaban J connectivity index is 1.66. The highest BCUT2D eigenvalue weighted by atomic mass is 16.4. The summed E-state index contributed by atoms with van der Waals surface area (Å²) >= 11 is 0. The molecule has 3 rings (SSSR count). The Morgan fingerprint density at radius 1 is 1.23 bits per heavy atom. The lowest BCUT2D eigenvalue weighted by atomic mass is 9.79. The Hall–Kier alpha value is -1.36. The van der Waals surface area contributed by atoms with E-state index >= 15 is 0 Å². The highest BCUT2D eigenvalue weighted by Gasteiger charge is 2.38. The zero-order chi connectivity index (χ0) is 15.4. The number of hydrogen-bond donors (Lipinski definition) is 1. The molecule has 1 amide bonds. The van der Waals surface area contributed by atoms with Crippen molar-refractivity contribution in [1.82, 2.24) is 15.2 Å². The minimum atomic E-state index is -0.185. The van der Waals surface area contributed by atoms with E-state index < -0.39 is 0 Å². The lowest BCUT2D eigenvalue weighted by Gasteiger charge is -2.48. The monoisotopic (exact) mass is 305 g/mol. The van der Waals surface area contributed by atoms with Gasteiger partial charge in [0.15, 0.2) is 0 Å². The van der Waals surface area contributed by atoms with Crippen molar-refractivity contribution in [2.24, 2.45) is 0 Å². The van der Waals surface area contributed by atoms with Gasteiger partial charge < -0.3 is 9.73 Å². The summed E-state index contributed by atoms with van der Waals surface area (Å²) in [6.07, 6.45) is 11.8. The van der Waals surface area contributed by atoms with Crippen LogP contribution in [0.15, 0.2) is 10.6 Å². The number of aryl methyl sites for hydroxylation is 1. The van der Waals surface area contributed by atoms with Crippen molar-refractivity contribution in [2.45, 2.75) is 63.8 Å². The Labute approximate surface area is 132 Å². The normalized spacial score (nSPS) is 22.4. The van der Waals surface area contributed by atoms with E-state index in [1.165, 1.54) is 64.5 Å². The zero-order valence-electron chi connectivity index (χ0n) is 13.6. The maximum atomic E-state index is 12.2. The largest absolute Gasteiger partial charge is 0.438 e. The topological polar surface area (TPSA) is 58.4 Å². The number of carbonyl (C=O) groups is 1. The van der Waals surface area contributed by atoms with Crippen LogP contribution in [0.25, 0.3) is 0 Å². The van der Waals surface area contributed by atoms with Gasteiger partial charge in [0.1, 0.15) is 5.76 Å². The number of rotatable bonds is 4. The number of amides is 1. The fourth-order valence-corrected chi connectivity index (χ4v) is 3.96. The van der Waals surface area contributed by atoms with E-state index in [4.69, 9.17) is 4.42 Å². The number of nitrogens with one attached hydrogen (secondary N) is 1. The Morgan fingerprint density at radius 3 is 2.55 bits per heavy atom. The number of nitrogens with zero attached hydrogens (tertiary/aromatic N) is 2. The van der Waals surface area contributed by atoms with Gasteiger partial charge in [-0.1, -0.05) is 25.7 Å². The van der Waals surface area contributed by atoms with E-state index in [0.29, 0.717) is 12.3 Å². The van der Waals surface area contributed by atoms with Crippen molar-refractivity contribution >= 4 is 5.91 Å². The van der Waals surface area contributed by atoms with Crippen molar-refractivity contribution < 1.29 is 9.21 Å². The van der Waals surface area contributed by atoms with Gasteiger partial charge >= 0.3 is 5.91 Å². The van der Waals surface area contributed by atoms with Crippen molar-refractivity contribution in [1.29, 1.82) is 0 Å². The minimum Gasteiger partial charge on any atom is -0.438 e. The second-order valence-corrected chi connectivity index (χ2v) is 6.79. The summed E-state index contributed by atoms with van der Waals surface area (Å²) in [6.45, 7) is 4.87. The van der Waals surface area contributed by atoms with E-state index in [2.05, 4.69) is 15.2 Å². The quantitative estimate of drug-likeness (QED) is 0.929. The average Bonchev–Trinajstić information content (AvgIpc) is 3.01. The van der Waals surface area contributed by atoms with Crippen LogP contribution in [0.5, 0.6) is 0 Å². The predicted molar refractivity (Wildman–Crippen MR) is 84.8 cm³/mol. The fourth-order valence-electron chi connectivity index (χ4n) is 3.96. The average molecular weight is 305 g/mol. The van der Waals surface area contributed by atoms with Crippen LogP contribution in [0.2, 0.25) is 0 Å². The zero-order valence-corrected chi connectivity index (χ0v) is 13.6. The van der Waals surface area contributed by atoms with Gasteiger partial charge in [0, 0.05) is 12.1 Å².